The van der Waals surface area contributed by atoms with Crippen LogP contribution in [0.25, 0.3) is 0 Å². The number of thiol groups is 2. The molecule has 0 radical (unpaired) electrons. The molecule has 4 heteroatoms. The predicted molar refractivity (Wildman–Crippen MR) is 90.5 cm³/mol. The molecule has 0 atom stereocenters. The van der Waals surface area contributed by atoms with Gasteiger partial charge in [0.05, 0.1) is 0 Å². The van der Waals surface area contributed by atoms with Crippen molar-refractivity contribution in [3.05, 3.63) is 45.3 Å². The highest BCUT2D eigenvalue weighted by Crippen LogP contribution is 2.17. The van der Waals surface area contributed by atoms with Crippen LogP contribution in [0.2, 0.25) is 0 Å². The largest absolute Gasteiger partial charge is 0.296 e. The number of allylic oxidation sites excluding steroid dienone is 6. The lowest BCUT2D eigenvalue weighted by molar-refractivity contribution is 1.45. The van der Waals surface area contributed by atoms with E-state index in [0.29, 0.717) is 0 Å². The summed E-state index contributed by atoms with van der Waals surface area (Å²) in [5.74, 6) is 0. The topological polar surface area (TPSA) is 24.7 Å². The summed E-state index contributed by atoms with van der Waals surface area (Å²) in [7, 11) is 3.47. The van der Waals surface area contributed by atoms with Crippen molar-refractivity contribution in [1.82, 2.24) is 0 Å². The maximum atomic E-state index is 4.43. The molecule has 0 bridgehead atoms. The molecule has 0 saturated heterocycles. The van der Waals surface area contributed by atoms with Crippen molar-refractivity contribution in [2.24, 2.45) is 9.98 Å². The van der Waals surface area contributed by atoms with Gasteiger partial charge in [-0.1, -0.05) is 12.2 Å². The molecule has 0 unspecified atom stereocenters. The molecule has 0 amide bonds. The zero-order chi connectivity index (χ0) is 14.0. The van der Waals surface area contributed by atoms with Gasteiger partial charge in [0, 0.05) is 47.5 Å². The number of nitrogens with zero attached hydrogens (tertiary/aromatic N) is 2. The van der Waals surface area contributed by atoms with E-state index in [1.165, 1.54) is 0 Å². The second-order valence-electron chi connectivity index (χ2n) is 3.37. The van der Waals surface area contributed by atoms with Gasteiger partial charge >= 0.3 is 0 Å². The second kappa shape index (κ2) is 9.97. The van der Waals surface area contributed by atoms with Crippen molar-refractivity contribution in [2.75, 3.05) is 14.1 Å². The molecule has 0 saturated carbocycles. The lowest BCUT2D eigenvalue weighted by Gasteiger charge is -2.01. The zero-order valence-corrected chi connectivity index (χ0v) is 13.0. The normalized spacial score (nSPS) is 16.1. The number of aliphatic imine (C=N–C) groups is 2. The van der Waals surface area contributed by atoms with E-state index in [0.717, 1.165) is 21.0 Å². The summed E-state index contributed by atoms with van der Waals surface area (Å²) >= 11 is 8.87. The van der Waals surface area contributed by atoms with Gasteiger partial charge < -0.3 is 0 Å². The van der Waals surface area contributed by atoms with E-state index in [-0.39, 0.29) is 0 Å². The Morgan fingerprint density at radius 3 is 1.33 bits per heavy atom. The van der Waals surface area contributed by atoms with E-state index in [2.05, 4.69) is 35.2 Å². The molecule has 0 aliphatic heterocycles. The summed E-state index contributed by atoms with van der Waals surface area (Å²) in [6.45, 7) is 3.90. The van der Waals surface area contributed by atoms with Gasteiger partial charge in [0.1, 0.15) is 0 Å². The Bertz CT molecular complexity index is 397. The molecule has 0 heterocycles. The molecule has 0 aliphatic rings. The first-order valence-corrected chi connectivity index (χ1v) is 6.47. The van der Waals surface area contributed by atoms with Gasteiger partial charge in [0.2, 0.25) is 0 Å². The number of hydrogen-bond donors (Lipinski definition) is 2. The van der Waals surface area contributed by atoms with Crippen molar-refractivity contribution in [3.63, 3.8) is 0 Å². The monoisotopic (exact) mass is 280 g/mol. The van der Waals surface area contributed by atoms with Gasteiger partial charge in [-0.3, -0.25) is 9.98 Å². The van der Waals surface area contributed by atoms with E-state index >= 15 is 0 Å². The van der Waals surface area contributed by atoms with E-state index < -0.39 is 0 Å². The van der Waals surface area contributed by atoms with Crippen LogP contribution in [0.1, 0.15) is 13.8 Å². The molecular formula is C14H20N2S2. The van der Waals surface area contributed by atoms with Crippen LogP contribution < -0.4 is 0 Å². The van der Waals surface area contributed by atoms with Gasteiger partial charge in [0.25, 0.3) is 0 Å². The predicted octanol–water partition coefficient (Wildman–Crippen LogP) is 3.91. The van der Waals surface area contributed by atoms with Crippen LogP contribution in [-0.2, 0) is 0 Å². The Balaban J connectivity index is 5.11. The molecule has 0 fully saturated rings. The Hall–Kier alpha value is -1.00. The van der Waals surface area contributed by atoms with Gasteiger partial charge in [-0.2, -0.15) is 0 Å². The van der Waals surface area contributed by atoms with Crippen LogP contribution in [0, 0.1) is 0 Å². The van der Waals surface area contributed by atoms with Crippen molar-refractivity contribution in [3.8, 4) is 0 Å². The van der Waals surface area contributed by atoms with Crippen LogP contribution in [0.4, 0.5) is 0 Å². The Kier molecular flexibility index (Phi) is 9.42. The highest BCUT2D eigenvalue weighted by atomic mass is 32.1. The van der Waals surface area contributed by atoms with Crippen molar-refractivity contribution in [1.29, 1.82) is 0 Å². The third kappa shape index (κ3) is 6.07. The summed E-state index contributed by atoms with van der Waals surface area (Å²) in [6.07, 6.45) is 11.3. The van der Waals surface area contributed by atoms with E-state index in [4.69, 9.17) is 0 Å². The van der Waals surface area contributed by atoms with E-state index in [9.17, 15) is 0 Å². The first kappa shape index (κ1) is 17.0. The minimum atomic E-state index is 0.846. The fraction of sp³-hybridized carbons (Fsp3) is 0.286. The standard InChI is InChI=1S/C14H20N2S2/c1-5-11(9-15-3)13(17)7-8-14(18)12(6-2)10-16-4/h5-10,17-18H,1-4H3/b11-5-,12-6-,13-7-,14-8+,15-9?,16-10?. The van der Waals surface area contributed by atoms with Crippen molar-refractivity contribution >= 4 is 37.7 Å². The van der Waals surface area contributed by atoms with E-state index in [1.54, 1.807) is 26.5 Å². The summed E-state index contributed by atoms with van der Waals surface area (Å²) in [6, 6.07) is 0. The quantitative estimate of drug-likeness (QED) is 0.434. The molecule has 2 nitrogen and oxygen atoms in total. The fourth-order valence-electron chi connectivity index (χ4n) is 1.21. The van der Waals surface area contributed by atoms with Crippen LogP contribution in [0.15, 0.2) is 55.2 Å². The minimum absolute atomic E-state index is 0.846. The molecule has 0 aromatic carbocycles. The lowest BCUT2D eigenvalue weighted by Crippen LogP contribution is -1.86. The van der Waals surface area contributed by atoms with Gasteiger partial charge in [-0.25, -0.2) is 0 Å². The van der Waals surface area contributed by atoms with E-state index in [1.807, 2.05) is 38.2 Å². The highest BCUT2D eigenvalue weighted by Gasteiger charge is 1.97. The summed E-state index contributed by atoms with van der Waals surface area (Å²) in [4.78, 5) is 9.65. The van der Waals surface area contributed by atoms with Crippen LogP contribution in [0.3, 0.4) is 0 Å². The molecule has 0 aromatic rings. The lowest BCUT2D eigenvalue weighted by atomic mass is 10.2. The third-order valence-corrected chi connectivity index (χ3v) is 2.96. The van der Waals surface area contributed by atoms with Gasteiger partial charge in [-0.15, -0.1) is 25.3 Å². The Labute approximate surface area is 121 Å². The maximum absolute atomic E-state index is 4.43. The van der Waals surface area contributed by atoms with Crippen LogP contribution >= 0.6 is 25.3 Å². The van der Waals surface area contributed by atoms with Crippen LogP contribution in [-0.4, -0.2) is 26.5 Å². The molecule has 98 valence electrons. The first-order chi connectivity index (χ1) is 8.60. The smallest absolute Gasteiger partial charge is 0.0289 e. The molecular weight excluding hydrogens is 260 g/mol. The number of rotatable bonds is 5. The van der Waals surface area contributed by atoms with Gasteiger partial charge in [0.15, 0.2) is 0 Å². The summed E-state index contributed by atoms with van der Waals surface area (Å²) in [5, 5.41) is 0. The molecule has 0 rings (SSSR count). The second-order valence-corrected chi connectivity index (χ2v) is 4.33. The molecule has 0 N–H and O–H groups in total. The summed E-state index contributed by atoms with van der Waals surface area (Å²) in [5.41, 5.74) is 1.95. The third-order valence-electron chi connectivity index (χ3n) is 2.15. The first-order valence-electron chi connectivity index (χ1n) is 5.58. The fourth-order valence-corrected chi connectivity index (χ4v) is 1.73. The number of hydrogen-bond acceptors (Lipinski definition) is 4. The molecule has 0 aromatic heterocycles. The molecule has 0 spiro atoms. The Morgan fingerprint density at radius 2 is 1.11 bits per heavy atom. The molecule has 18 heavy (non-hydrogen) atoms. The van der Waals surface area contributed by atoms with Crippen molar-refractivity contribution < 1.29 is 0 Å². The zero-order valence-electron chi connectivity index (χ0n) is 11.3. The highest BCUT2D eigenvalue weighted by molar-refractivity contribution is 7.85. The maximum Gasteiger partial charge on any atom is 0.0289 e. The van der Waals surface area contributed by atoms with Crippen LogP contribution in [0.5, 0.6) is 0 Å². The average molecular weight is 280 g/mol. The Morgan fingerprint density at radius 1 is 0.778 bits per heavy atom. The van der Waals surface area contributed by atoms with Crippen molar-refractivity contribution in [2.45, 2.75) is 13.8 Å². The summed E-state index contributed by atoms with van der Waals surface area (Å²) < 4.78 is 0. The molecule has 0 aliphatic carbocycles. The minimum Gasteiger partial charge on any atom is -0.296 e. The SMILES string of the molecule is C\C=C(C=NC)/C(S)=C/C=C(S)\C(C=NC)=C/C. The van der Waals surface area contributed by atoms with Gasteiger partial charge in [-0.05, 0) is 26.0 Å². The average Bonchev–Trinajstić information content (AvgIpc) is 2.38.